The van der Waals surface area contributed by atoms with Gasteiger partial charge in [0.2, 0.25) is 5.91 Å². The van der Waals surface area contributed by atoms with Crippen molar-refractivity contribution in [3.63, 3.8) is 0 Å². The van der Waals surface area contributed by atoms with E-state index in [0.29, 0.717) is 16.6 Å². The number of rotatable bonds is 11. The van der Waals surface area contributed by atoms with Crippen LogP contribution in [0.2, 0.25) is 0 Å². The smallest absolute Gasteiger partial charge is 0.341 e. The van der Waals surface area contributed by atoms with Gasteiger partial charge in [-0.2, -0.15) is 0 Å². The number of thiazole rings is 1. The molecule has 0 spiro atoms. The zero-order valence-corrected chi connectivity index (χ0v) is 22.4. The molecule has 0 fully saturated rings. The van der Waals surface area contributed by atoms with Gasteiger partial charge in [-0.15, -0.1) is 11.3 Å². The predicted octanol–water partition coefficient (Wildman–Crippen LogP) is 6.56. The van der Waals surface area contributed by atoms with Gasteiger partial charge in [-0.05, 0) is 67.1 Å². The lowest BCUT2D eigenvalue weighted by Crippen LogP contribution is -2.32. The maximum atomic E-state index is 14.7. The second-order valence-corrected chi connectivity index (χ2v) is 10.1. The summed E-state index contributed by atoms with van der Waals surface area (Å²) >= 11 is 1.35. The van der Waals surface area contributed by atoms with Gasteiger partial charge in [0.15, 0.2) is 16.6 Å². The molecule has 1 amide bonds. The van der Waals surface area contributed by atoms with E-state index in [0.717, 1.165) is 36.5 Å². The topological polar surface area (TPSA) is 136 Å². The normalized spacial score (nSPS) is 16.0. The lowest BCUT2D eigenvalue weighted by atomic mass is 9.69. The Labute approximate surface area is 228 Å². The monoisotopic (exact) mass is 553 g/mol. The van der Waals surface area contributed by atoms with Crippen molar-refractivity contribution >= 4 is 28.3 Å². The highest BCUT2D eigenvalue weighted by Crippen LogP contribution is 2.45. The summed E-state index contributed by atoms with van der Waals surface area (Å²) in [5.74, 6) is -0.823. The summed E-state index contributed by atoms with van der Waals surface area (Å²) < 4.78 is 31.5. The highest BCUT2D eigenvalue weighted by molar-refractivity contribution is 7.13. The number of nitrogens with zero attached hydrogens (tertiary/aromatic N) is 4. The van der Waals surface area contributed by atoms with Crippen LogP contribution in [0.1, 0.15) is 54.6 Å². The molecule has 3 aromatic rings. The van der Waals surface area contributed by atoms with E-state index in [2.05, 4.69) is 20.3 Å². The molecular formula is C27H28FN5O5S. The van der Waals surface area contributed by atoms with Crippen LogP contribution in [0.15, 0.2) is 47.0 Å². The molecule has 204 valence electrons. The summed E-state index contributed by atoms with van der Waals surface area (Å²) in [7, 11) is 0. The molecule has 39 heavy (non-hydrogen) atoms. The minimum atomic E-state index is -0.779. The fourth-order valence-corrected chi connectivity index (χ4v) is 5.20. The molecule has 4 rings (SSSR count). The molecule has 10 nitrogen and oxygen atoms in total. The Balaban J connectivity index is 1.65. The van der Waals surface area contributed by atoms with E-state index in [1.807, 2.05) is 19.1 Å². The van der Waals surface area contributed by atoms with E-state index in [4.69, 9.17) is 19.7 Å². The van der Waals surface area contributed by atoms with Crippen molar-refractivity contribution in [2.24, 2.45) is 5.11 Å². The van der Waals surface area contributed by atoms with Crippen LogP contribution in [0.5, 0.6) is 17.2 Å². The van der Waals surface area contributed by atoms with Crippen molar-refractivity contribution in [3.05, 3.63) is 74.9 Å². The van der Waals surface area contributed by atoms with Crippen molar-refractivity contribution in [2.45, 2.75) is 44.9 Å². The Bertz CT molecular complexity index is 1390. The Morgan fingerprint density at radius 1 is 1.28 bits per heavy atom. The van der Waals surface area contributed by atoms with Gasteiger partial charge in [-0.1, -0.05) is 12.0 Å². The third kappa shape index (κ3) is 6.84. The molecule has 1 aromatic heterocycles. The van der Waals surface area contributed by atoms with Crippen LogP contribution in [-0.4, -0.2) is 36.6 Å². The van der Waals surface area contributed by atoms with Crippen LogP contribution < -0.4 is 14.8 Å². The Hall–Kier alpha value is -4.15. The summed E-state index contributed by atoms with van der Waals surface area (Å²) in [4.78, 5) is 31.7. The third-order valence-electron chi connectivity index (χ3n) is 6.40. The number of aromatic nitrogens is 1. The van der Waals surface area contributed by atoms with Crippen LogP contribution >= 0.6 is 11.3 Å². The fraction of sp³-hybridized carbons (Fsp3) is 0.370. The van der Waals surface area contributed by atoms with Gasteiger partial charge in [-0.3, -0.25) is 4.79 Å². The average Bonchev–Trinajstić information content (AvgIpc) is 3.40. The Kier molecular flexibility index (Phi) is 9.00. The lowest BCUT2D eigenvalue weighted by molar-refractivity contribution is -0.117. The summed E-state index contributed by atoms with van der Waals surface area (Å²) in [6, 6.07) is 7.57. The average molecular weight is 554 g/mol. The van der Waals surface area contributed by atoms with Crippen LogP contribution in [0.4, 0.5) is 9.52 Å². The molecule has 0 saturated carbocycles. The van der Waals surface area contributed by atoms with Crippen LogP contribution in [0, 0.1) is 5.82 Å². The first-order valence-electron chi connectivity index (χ1n) is 12.5. The van der Waals surface area contributed by atoms with Gasteiger partial charge in [0.05, 0.1) is 25.3 Å². The number of hydrogen-bond acceptors (Lipinski definition) is 8. The zero-order chi connectivity index (χ0) is 27.8. The van der Waals surface area contributed by atoms with E-state index in [9.17, 15) is 14.0 Å². The molecule has 1 N–H and O–H groups in total. The SMILES string of the molecule is CCOC(=O)c1ccc(Oc2cc3c(cc2OCCN=[N+]=[N-])CCC[C@]3(C)CC(=O)Nc2nccs2)cc1F. The molecule has 0 radical (unpaired) electrons. The predicted molar refractivity (Wildman–Crippen MR) is 144 cm³/mol. The fourth-order valence-electron chi connectivity index (χ4n) is 4.66. The van der Waals surface area contributed by atoms with Gasteiger partial charge in [0.25, 0.3) is 0 Å². The second kappa shape index (κ2) is 12.6. The Morgan fingerprint density at radius 2 is 2.13 bits per heavy atom. The maximum absolute atomic E-state index is 14.7. The first kappa shape index (κ1) is 27.9. The van der Waals surface area contributed by atoms with Crippen molar-refractivity contribution in [1.82, 2.24) is 4.98 Å². The molecule has 1 heterocycles. The molecular weight excluding hydrogens is 525 g/mol. The van der Waals surface area contributed by atoms with E-state index in [1.165, 1.54) is 23.5 Å². The number of amides is 1. The van der Waals surface area contributed by atoms with Gasteiger partial charge < -0.3 is 19.5 Å². The highest BCUT2D eigenvalue weighted by atomic mass is 32.1. The van der Waals surface area contributed by atoms with Gasteiger partial charge in [0, 0.05) is 34.4 Å². The van der Waals surface area contributed by atoms with E-state index >= 15 is 0 Å². The number of fused-ring (bicyclic) bond motifs is 1. The quantitative estimate of drug-likeness (QED) is 0.0939. The first-order chi connectivity index (χ1) is 18.8. The lowest BCUT2D eigenvalue weighted by Gasteiger charge is -2.36. The van der Waals surface area contributed by atoms with Crippen LogP contribution in [-0.2, 0) is 21.4 Å². The van der Waals surface area contributed by atoms with Crippen LogP contribution in [0.3, 0.4) is 0 Å². The van der Waals surface area contributed by atoms with Gasteiger partial charge >= 0.3 is 5.97 Å². The van der Waals surface area contributed by atoms with E-state index in [-0.39, 0.29) is 43.4 Å². The minimum Gasteiger partial charge on any atom is -0.490 e. The molecule has 0 aliphatic heterocycles. The van der Waals surface area contributed by atoms with Crippen molar-refractivity contribution in [2.75, 3.05) is 25.1 Å². The number of nitrogens with one attached hydrogen (secondary N) is 1. The molecule has 1 aliphatic rings. The largest absolute Gasteiger partial charge is 0.490 e. The molecule has 0 unspecified atom stereocenters. The molecule has 2 aromatic carbocycles. The number of azide groups is 1. The van der Waals surface area contributed by atoms with Crippen molar-refractivity contribution < 1.29 is 28.2 Å². The number of hydrogen-bond donors (Lipinski definition) is 1. The summed E-state index contributed by atoms with van der Waals surface area (Å²) in [5, 5.41) is 8.69. The molecule has 12 heteroatoms. The number of carbonyl (C=O) groups is 2. The summed E-state index contributed by atoms with van der Waals surface area (Å²) in [5.41, 5.74) is 9.84. The molecule has 0 bridgehead atoms. The Morgan fingerprint density at radius 3 is 2.85 bits per heavy atom. The molecule has 0 saturated heterocycles. The van der Waals surface area contributed by atoms with E-state index < -0.39 is 17.2 Å². The number of esters is 1. The number of benzene rings is 2. The first-order valence-corrected chi connectivity index (χ1v) is 13.4. The maximum Gasteiger partial charge on any atom is 0.341 e. The number of aryl methyl sites for hydroxylation is 1. The van der Waals surface area contributed by atoms with Crippen LogP contribution in [0.25, 0.3) is 10.4 Å². The minimum absolute atomic E-state index is 0.114. The standard InChI is InChI=1S/C27H28FN5O5S/c1-3-36-25(35)19-7-6-18(14-21(19)28)38-23-15-20-17(13-22(23)37-11-9-31-33-29)5-4-8-27(20,2)16-24(34)32-26-30-10-12-39-26/h6-7,10,12-15H,3-5,8-9,11,16H2,1-2H3,(H,30,32,34)/t27-/m1/s1. The summed E-state index contributed by atoms with van der Waals surface area (Å²) in [6.45, 7) is 4.03. The van der Waals surface area contributed by atoms with Crippen molar-refractivity contribution in [3.8, 4) is 17.2 Å². The van der Waals surface area contributed by atoms with Crippen molar-refractivity contribution in [1.29, 1.82) is 0 Å². The zero-order valence-electron chi connectivity index (χ0n) is 21.6. The van der Waals surface area contributed by atoms with Gasteiger partial charge in [-0.25, -0.2) is 14.2 Å². The number of halogens is 1. The molecule has 1 aliphatic carbocycles. The molecule has 1 atom stereocenters. The number of anilines is 1. The van der Waals surface area contributed by atoms with E-state index in [1.54, 1.807) is 18.5 Å². The summed E-state index contributed by atoms with van der Waals surface area (Å²) in [6.07, 6.45) is 4.32. The second-order valence-electron chi connectivity index (χ2n) is 9.20. The highest BCUT2D eigenvalue weighted by Gasteiger charge is 2.36. The third-order valence-corrected chi connectivity index (χ3v) is 7.09. The number of ether oxygens (including phenoxy) is 3. The van der Waals surface area contributed by atoms with Gasteiger partial charge in [0.1, 0.15) is 11.6 Å². The number of carbonyl (C=O) groups excluding carboxylic acids is 2.